The monoisotopic (exact) mass is 246 g/mol. The van der Waals surface area contributed by atoms with Gasteiger partial charge < -0.3 is 4.42 Å². The van der Waals surface area contributed by atoms with E-state index in [2.05, 4.69) is 20.4 Å². The molecule has 1 aromatic carbocycles. The molecule has 0 amide bonds. The SMILES string of the molecule is Clc1ccc(-c2cc(-c3nnco3)[nH]n2)cc1. The second-order valence-electron chi connectivity index (χ2n) is 3.42. The van der Waals surface area contributed by atoms with E-state index in [0.717, 1.165) is 11.3 Å². The maximum absolute atomic E-state index is 5.82. The smallest absolute Gasteiger partial charge is 0.265 e. The molecule has 3 rings (SSSR count). The van der Waals surface area contributed by atoms with Crippen molar-refractivity contribution in [3.63, 3.8) is 0 Å². The Hall–Kier alpha value is -2.14. The lowest BCUT2D eigenvalue weighted by Crippen LogP contribution is -1.77. The van der Waals surface area contributed by atoms with Crippen molar-refractivity contribution in [1.82, 2.24) is 20.4 Å². The van der Waals surface area contributed by atoms with Crippen LogP contribution in [-0.4, -0.2) is 20.4 Å². The van der Waals surface area contributed by atoms with Crippen LogP contribution in [0.1, 0.15) is 0 Å². The molecule has 17 heavy (non-hydrogen) atoms. The highest BCUT2D eigenvalue weighted by Crippen LogP contribution is 2.23. The molecule has 6 heteroatoms. The van der Waals surface area contributed by atoms with Gasteiger partial charge in [-0.2, -0.15) is 5.10 Å². The van der Waals surface area contributed by atoms with Gasteiger partial charge in [0, 0.05) is 10.6 Å². The van der Waals surface area contributed by atoms with Gasteiger partial charge in [0.25, 0.3) is 5.89 Å². The number of aromatic amines is 1. The first-order chi connectivity index (χ1) is 8.33. The van der Waals surface area contributed by atoms with Gasteiger partial charge in [-0.15, -0.1) is 10.2 Å². The van der Waals surface area contributed by atoms with Gasteiger partial charge in [-0.25, -0.2) is 0 Å². The topological polar surface area (TPSA) is 67.6 Å². The predicted molar refractivity (Wildman–Crippen MR) is 62.3 cm³/mol. The number of rotatable bonds is 2. The number of aromatic nitrogens is 4. The third-order valence-electron chi connectivity index (χ3n) is 2.31. The average molecular weight is 247 g/mol. The summed E-state index contributed by atoms with van der Waals surface area (Å²) in [6, 6.07) is 9.28. The Balaban J connectivity index is 1.98. The molecule has 84 valence electrons. The van der Waals surface area contributed by atoms with Crippen LogP contribution in [0.3, 0.4) is 0 Å². The molecule has 0 radical (unpaired) electrons. The Bertz CT molecular complexity index is 615. The third kappa shape index (κ3) is 1.92. The van der Waals surface area contributed by atoms with E-state index in [0.29, 0.717) is 16.6 Å². The van der Waals surface area contributed by atoms with Crippen LogP contribution in [-0.2, 0) is 0 Å². The fourth-order valence-electron chi connectivity index (χ4n) is 1.49. The fourth-order valence-corrected chi connectivity index (χ4v) is 1.62. The highest BCUT2D eigenvalue weighted by Gasteiger charge is 2.09. The fraction of sp³-hybridized carbons (Fsp3) is 0. The molecular formula is C11H7ClN4O. The van der Waals surface area contributed by atoms with Crippen molar-refractivity contribution in [2.24, 2.45) is 0 Å². The van der Waals surface area contributed by atoms with Crippen LogP contribution in [0.15, 0.2) is 41.1 Å². The van der Waals surface area contributed by atoms with E-state index in [1.807, 2.05) is 30.3 Å². The second kappa shape index (κ2) is 4.03. The molecule has 0 aliphatic carbocycles. The van der Waals surface area contributed by atoms with Gasteiger partial charge in [-0.05, 0) is 18.2 Å². The van der Waals surface area contributed by atoms with Crippen LogP contribution < -0.4 is 0 Å². The van der Waals surface area contributed by atoms with Gasteiger partial charge in [0.15, 0.2) is 0 Å². The molecular weight excluding hydrogens is 240 g/mol. The molecule has 0 saturated carbocycles. The lowest BCUT2D eigenvalue weighted by Gasteiger charge is -1.94. The highest BCUT2D eigenvalue weighted by atomic mass is 35.5. The van der Waals surface area contributed by atoms with Gasteiger partial charge in [0.05, 0.1) is 5.69 Å². The van der Waals surface area contributed by atoms with Crippen molar-refractivity contribution in [3.8, 4) is 22.8 Å². The standard InChI is InChI=1S/C11H7ClN4O/c12-8-3-1-7(2-4-8)9-5-10(15-14-9)11-16-13-6-17-11/h1-6H,(H,14,15). The van der Waals surface area contributed by atoms with E-state index in [9.17, 15) is 0 Å². The molecule has 0 spiro atoms. The van der Waals surface area contributed by atoms with Crippen LogP contribution >= 0.6 is 11.6 Å². The summed E-state index contributed by atoms with van der Waals surface area (Å²) in [5.74, 6) is 0.415. The van der Waals surface area contributed by atoms with E-state index in [1.54, 1.807) is 0 Å². The van der Waals surface area contributed by atoms with Crippen molar-refractivity contribution >= 4 is 11.6 Å². The molecule has 1 N–H and O–H groups in total. The predicted octanol–water partition coefficient (Wildman–Crippen LogP) is 2.78. The number of hydrogen-bond donors (Lipinski definition) is 1. The van der Waals surface area contributed by atoms with Crippen LogP contribution in [0.5, 0.6) is 0 Å². The quantitative estimate of drug-likeness (QED) is 0.755. The summed E-state index contributed by atoms with van der Waals surface area (Å²) in [7, 11) is 0. The zero-order valence-electron chi connectivity index (χ0n) is 8.59. The van der Waals surface area contributed by atoms with Crippen molar-refractivity contribution in [1.29, 1.82) is 0 Å². The lowest BCUT2D eigenvalue weighted by molar-refractivity contribution is 0.566. The average Bonchev–Trinajstić information content (AvgIpc) is 3.00. The van der Waals surface area contributed by atoms with Crippen molar-refractivity contribution in [2.75, 3.05) is 0 Å². The number of hydrogen-bond acceptors (Lipinski definition) is 4. The summed E-state index contributed by atoms with van der Waals surface area (Å²) in [5, 5.41) is 15.1. The number of nitrogens with zero attached hydrogens (tertiary/aromatic N) is 3. The molecule has 0 bridgehead atoms. The van der Waals surface area contributed by atoms with Crippen LogP contribution in [0.4, 0.5) is 0 Å². The zero-order chi connectivity index (χ0) is 11.7. The minimum absolute atomic E-state index is 0.415. The van der Waals surface area contributed by atoms with Gasteiger partial charge in [-0.1, -0.05) is 23.7 Å². The molecule has 5 nitrogen and oxygen atoms in total. The Kier molecular flexibility index (Phi) is 2.38. The first-order valence-corrected chi connectivity index (χ1v) is 5.28. The Morgan fingerprint density at radius 2 is 2.00 bits per heavy atom. The van der Waals surface area contributed by atoms with E-state index >= 15 is 0 Å². The number of nitrogens with one attached hydrogen (secondary N) is 1. The van der Waals surface area contributed by atoms with E-state index in [4.69, 9.17) is 16.0 Å². The van der Waals surface area contributed by atoms with Gasteiger partial charge >= 0.3 is 0 Å². The zero-order valence-corrected chi connectivity index (χ0v) is 9.35. The lowest BCUT2D eigenvalue weighted by atomic mass is 10.1. The summed E-state index contributed by atoms with van der Waals surface area (Å²) < 4.78 is 5.07. The largest absolute Gasteiger partial charge is 0.422 e. The van der Waals surface area contributed by atoms with E-state index in [1.165, 1.54) is 6.39 Å². The molecule has 0 fully saturated rings. The Morgan fingerprint density at radius 3 is 2.71 bits per heavy atom. The highest BCUT2D eigenvalue weighted by molar-refractivity contribution is 6.30. The summed E-state index contributed by atoms with van der Waals surface area (Å²) in [6.07, 6.45) is 1.28. The number of H-pyrrole nitrogens is 1. The minimum atomic E-state index is 0.415. The molecule has 0 atom stereocenters. The molecule has 0 aliphatic heterocycles. The molecule has 3 aromatic rings. The van der Waals surface area contributed by atoms with Gasteiger partial charge in [-0.3, -0.25) is 5.10 Å². The normalized spacial score (nSPS) is 10.6. The first kappa shape index (κ1) is 10.0. The van der Waals surface area contributed by atoms with Crippen LogP contribution in [0.2, 0.25) is 5.02 Å². The number of benzene rings is 1. The van der Waals surface area contributed by atoms with E-state index in [-0.39, 0.29) is 0 Å². The van der Waals surface area contributed by atoms with Crippen molar-refractivity contribution < 1.29 is 4.42 Å². The Morgan fingerprint density at radius 1 is 1.18 bits per heavy atom. The summed E-state index contributed by atoms with van der Waals surface area (Å²) in [5.41, 5.74) is 2.46. The van der Waals surface area contributed by atoms with E-state index < -0.39 is 0 Å². The molecule has 0 aliphatic rings. The number of halogens is 1. The molecule has 2 aromatic heterocycles. The molecule has 0 unspecified atom stereocenters. The van der Waals surface area contributed by atoms with Gasteiger partial charge in [0.1, 0.15) is 5.69 Å². The molecule has 2 heterocycles. The van der Waals surface area contributed by atoms with Crippen LogP contribution in [0.25, 0.3) is 22.8 Å². The first-order valence-electron chi connectivity index (χ1n) is 4.91. The summed E-state index contributed by atoms with van der Waals surface area (Å²) in [4.78, 5) is 0. The summed E-state index contributed by atoms with van der Waals surface area (Å²) in [6.45, 7) is 0. The Labute approximate surface area is 101 Å². The van der Waals surface area contributed by atoms with Crippen molar-refractivity contribution in [3.05, 3.63) is 41.7 Å². The minimum Gasteiger partial charge on any atom is -0.422 e. The maximum atomic E-state index is 5.82. The van der Waals surface area contributed by atoms with Gasteiger partial charge in [0.2, 0.25) is 6.39 Å². The summed E-state index contributed by atoms with van der Waals surface area (Å²) >= 11 is 5.82. The second-order valence-corrected chi connectivity index (χ2v) is 3.85. The molecule has 0 saturated heterocycles. The van der Waals surface area contributed by atoms with Crippen molar-refractivity contribution in [2.45, 2.75) is 0 Å². The third-order valence-corrected chi connectivity index (χ3v) is 2.56. The maximum Gasteiger partial charge on any atom is 0.265 e. The van der Waals surface area contributed by atoms with Crippen LogP contribution in [0, 0.1) is 0 Å².